The second-order valence-corrected chi connectivity index (χ2v) is 9.38. The molecule has 11 heteroatoms. The largest absolute Gasteiger partial charge is 0.481 e. The van der Waals surface area contributed by atoms with Crippen LogP contribution < -0.4 is 5.32 Å². The number of aliphatic hydroxyl groups is 1. The highest BCUT2D eigenvalue weighted by atomic mass is 32.1. The van der Waals surface area contributed by atoms with Gasteiger partial charge < -0.3 is 15.5 Å². The van der Waals surface area contributed by atoms with Crippen LogP contribution in [0.5, 0.6) is 0 Å². The van der Waals surface area contributed by atoms with Crippen LogP contribution in [0.15, 0.2) is 60.9 Å². The van der Waals surface area contributed by atoms with E-state index in [2.05, 4.69) is 20.3 Å². The summed E-state index contributed by atoms with van der Waals surface area (Å²) in [5.41, 5.74) is 0.815. The smallest absolute Gasteiger partial charge is 0.433 e. The number of carboxylic acids is 1. The van der Waals surface area contributed by atoms with Gasteiger partial charge in [-0.15, -0.1) is 11.3 Å². The topological polar surface area (TPSA) is 108 Å². The lowest BCUT2D eigenvalue weighted by atomic mass is 9.95. The Labute approximate surface area is 208 Å². The number of nitrogens with zero attached hydrogens (tertiary/aromatic N) is 3. The minimum Gasteiger partial charge on any atom is -0.481 e. The highest BCUT2D eigenvalue weighted by Gasteiger charge is 2.33. The molecule has 0 aliphatic carbocycles. The minimum absolute atomic E-state index is 0.112. The third kappa shape index (κ3) is 5.69. The predicted molar refractivity (Wildman–Crippen MR) is 129 cm³/mol. The van der Waals surface area contributed by atoms with Crippen molar-refractivity contribution >= 4 is 28.9 Å². The summed E-state index contributed by atoms with van der Waals surface area (Å²) < 4.78 is 38.9. The molecule has 4 aromatic rings. The lowest BCUT2D eigenvalue weighted by Crippen LogP contribution is -2.22. The number of aromatic nitrogens is 3. The lowest BCUT2D eigenvalue weighted by molar-refractivity contribution is -0.141. The zero-order valence-corrected chi connectivity index (χ0v) is 20.0. The van der Waals surface area contributed by atoms with Crippen molar-refractivity contribution in [3.8, 4) is 10.4 Å². The number of aryl methyl sites for hydroxylation is 1. The summed E-state index contributed by atoms with van der Waals surface area (Å²) in [6.45, 7) is 3.45. The summed E-state index contributed by atoms with van der Waals surface area (Å²) in [6.07, 6.45) is -2.03. The first-order valence-corrected chi connectivity index (χ1v) is 11.5. The number of alkyl halides is 3. The van der Waals surface area contributed by atoms with Crippen molar-refractivity contribution in [3.05, 3.63) is 88.3 Å². The molecule has 0 bridgehead atoms. The molecule has 2 heterocycles. The van der Waals surface area contributed by atoms with Gasteiger partial charge in [-0.1, -0.05) is 30.3 Å². The third-order valence-corrected chi connectivity index (χ3v) is 6.61. The average molecular weight is 515 g/mol. The van der Waals surface area contributed by atoms with E-state index < -0.39 is 23.4 Å². The Bertz CT molecular complexity index is 1400. The molecule has 0 spiro atoms. The van der Waals surface area contributed by atoms with Gasteiger partial charge in [0.25, 0.3) is 0 Å². The van der Waals surface area contributed by atoms with Crippen molar-refractivity contribution in [1.29, 1.82) is 0 Å². The molecule has 2 aromatic carbocycles. The van der Waals surface area contributed by atoms with Crippen molar-refractivity contribution in [2.45, 2.75) is 32.0 Å². The van der Waals surface area contributed by atoms with Crippen LogP contribution in [0.2, 0.25) is 0 Å². The number of aliphatic carboxylic acids is 1. The number of carboxylic acid groups (broad SMARTS) is 1. The van der Waals surface area contributed by atoms with E-state index in [4.69, 9.17) is 5.11 Å². The molecule has 0 radical (unpaired) electrons. The molecular formula is C25H21F3N4O3S. The molecule has 7 nitrogen and oxygen atoms in total. The van der Waals surface area contributed by atoms with E-state index in [0.717, 1.165) is 28.3 Å². The van der Waals surface area contributed by atoms with E-state index in [0.29, 0.717) is 21.8 Å². The van der Waals surface area contributed by atoms with Crippen molar-refractivity contribution < 1.29 is 28.2 Å². The Morgan fingerprint density at radius 2 is 1.81 bits per heavy atom. The second-order valence-electron chi connectivity index (χ2n) is 8.35. The van der Waals surface area contributed by atoms with Gasteiger partial charge >= 0.3 is 12.1 Å². The van der Waals surface area contributed by atoms with Crippen LogP contribution in [0.3, 0.4) is 0 Å². The molecule has 3 N–H and O–H groups in total. The van der Waals surface area contributed by atoms with Crippen LogP contribution in [0.4, 0.5) is 24.8 Å². The fraction of sp³-hybridized carbons (Fsp3) is 0.200. The zero-order chi connectivity index (χ0) is 26.1. The molecule has 0 amide bonds. The summed E-state index contributed by atoms with van der Waals surface area (Å²) in [5.74, 6) is -1.12. The van der Waals surface area contributed by atoms with E-state index in [1.807, 2.05) is 13.0 Å². The van der Waals surface area contributed by atoms with Crippen LogP contribution in [0.1, 0.15) is 34.3 Å². The predicted octanol–water partition coefficient (Wildman–Crippen LogP) is 5.55. The van der Waals surface area contributed by atoms with Crippen molar-refractivity contribution in [1.82, 2.24) is 15.0 Å². The Kier molecular flexibility index (Phi) is 6.79. The molecule has 1 unspecified atom stereocenters. The number of anilines is 2. The number of benzene rings is 2. The average Bonchev–Trinajstić information content (AvgIpc) is 3.30. The normalized spacial score (nSPS) is 13.3. The van der Waals surface area contributed by atoms with E-state index >= 15 is 0 Å². The van der Waals surface area contributed by atoms with Crippen molar-refractivity contribution in [2.75, 3.05) is 5.32 Å². The quantitative estimate of drug-likeness (QED) is 0.297. The molecule has 0 fully saturated rings. The molecule has 186 valence electrons. The molecule has 0 saturated carbocycles. The maximum absolute atomic E-state index is 13.0. The highest BCUT2D eigenvalue weighted by molar-refractivity contribution is 7.15. The lowest BCUT2D eigenvalue weighted by Gasteiger charge is -2.21. The monoisotopic (exact) mass is 514 g/mol. The van der Waals surface area contributed by atoms with Gasteiger partial charge in [-0.2, -0.15) is 13.2 Å². The summed E-state index contributed by atoms with van der Waals surface area (Å²) in [7, 11) is 0. The van der Waals surface area contributed by atoms with Crippen LogP contribution in [0, 0.1) is 6.92 Å². The number of carbonyl (C=O) groups is 1. The number of thiazole rings is 1. The zero-order valence-electron chi connectivity index (χ0n) is 19.2. The molecule has 0 saturated heterocycles. The Morgan fingerprint density at radius 3 is 2.47 bits per heavy atom. The fourth-order valence-corrected chi connectivity index (χ4v) is 4.55. The fourth-order valence-electron chi connectivity index (χ4n) is 3.58. The third-order valence-electron chi connectivity index (χ3n) is 5.36. The van der Waals surface area contributed by atoms with E-state index in [1.165, 1.54) is 11.3 Å². The maximum atomic E-state index is 13.0. The first-order valence-electron chi connectivity index (χ1n) is 10.7. The Hall–Kier alpha value is -3.83. The van der Waals surface area contributed by atoms with Crippen molar-refractivity contribution in [3.63, 3.8) is 0 Å². The van der Waals surface area contributed by atoms with E-state index in [-0.39, 0.29) is 12.4 Å². The number of hydrogen-bond acceptors (Lipinski definition) is 7. The minimum atomic E-state index is -4.58. The summed E-state index contributed by atoms with van der Waals surface area (Å²) in [5, 5.41) is 23.4. The Morgan fingerprint density at radius 1 is 1.08 bits per heavy atom. The molecular weight excluding hydrogens is 493 g/mol. The number of halogens is 3. The van der Waals surface area contributed by atoms with Gasteiger partial charge in [0, 0.05) is 18.1 Å². The SMILES string of the molecule is Cc1cc(Nc2nccc(C(F)(F)F)n2)cc(-c2cnc(C(C)(O)c3ccc(CC(=O)O)cc3)s2)c1. The van der Waals surface area contributed by atoms with E-state index in [9.17, 15) is 23.1 Å². The number of nitrogens with one attached hydrogen (secondary N) is 1. The highest BCUT2D eigenvalue weighted by Crippen LogP contribution is 2.37. The molecule has 2 aromatic heterocycles. The first-order chi connectivity index (χ1) is 16.9. The number of hydrogen-bond donors (Lipinski definition) is 3. The summed E-state index contributed by atoms with van der Waals surface area (Å²) in [6, 6.07) is 12.8. The van der Waals surface area contributed by atoms with Gasteiger partial charge in [-0.05, 0) is 54.3 Å². The van der Waals surface area contributed by atoms with Gasteiger partial charge in [-0.25, -0.2) is 15.0 Å². The summed E-state index contributed by atoms with van der Waals surface area (Å²) in [4.78, 5) is 23.5. The first kappa shape index (κ1) is 25.3. The van der Waals surface area contributed by atoms with Gasteiger partial charge in [0.05, 0.1) is 11.3 Å². The number of rotatable bonds is 7. The molecule has 36 heavy (non-hydrogen) atoms. The van der Waals surface area contributed by atoms with Gasteiger partial charge in [0.15, 0.2) is 0 Å². The van der Waals surface area contributed by atoms with Gasteiger partial charge in [-0.3, -0.25) is 4.79 Å². The summed E-state index contributed by atoms with van der Waals surface area (Å²) >= 11 is 1.27. The van der Waals surface area contributed by atoms with Crippen LogP contribution in [0.25, 0.3) is 10.4 Å². The molecule has 4 rings (SSSR count). The molecule has 0 aliphatic heterocycles. The maximum Gasteiger partial charge on any atom is 0.433 e. The molecule has 1 atom stereocenters. The van der Waals surface area contributed by atoms with Crippen molar-refractivity contribution in [2.24, 2.45) is 0 Å². The van der Waals surface area contributed by atoms with Gasteiger partial charge in [0.2, 0.25) is 5.95 Å². The van der Waals surface area contributed by atoms with E-state index in [1.54, 1.807) is 49.5 Å². The van der Waals surface area contributed by atoms with Crippen LogP contribution in [-0.2, 0) is 23.0 Å². The van der Waals surface area contributed by atoms with Gasteiger partial charge in [0.1, 0.15) is 16.3 Å². The second kappa shape index (κ2) is 9.67. The molecule has 0 aliphatic rings. The standard InChI is InChI=1S/C25H21F3N4O3S/c1-14-9-16(12-18(10-14)31-23-29-8-7-20(32-23)25(26,27)28)19-13-30-22(36-19)24(2,35)17-5-3-15(4-6-17)11-21(33)34/h3-10,12-13,35H,11H2,1-2H3,(H,33,34)(H,29,31,32). The van der Waals surface area contributed by atoms with Crippen LogP contribution in [-0.4, -0.2) is 31.1 Å². The van der Waals surface area contributed by atoms with Crippen LogP contribution >= 0.6 is 11.3 Å². The Balaban J connectivity index is 1.59.